The lowest BCUT2D eigenvalue weighted by Crippen LogP contribution is -2.15. The van der Waals surface area contributed by atoms with Gasteiger partial charge in [0.05, 0.1) is 5.69 Å². The van der Waals surface area contributed by atoms with Gasteiger partial charge in [-0.25, -0.2) is 14.5 Å². The zero-order chi connectivity index (χ0) is 26.6. The van der Waals surface area contributed by atoms with E-state index in [1.807, 2.05) is 106 Å². The van der Waals surface area contributed by atoms with Gasteiger partial charge in [0.1, 0.15) is 0 Å². The first-order valence-corrected chi connectivity index (χ1v) is 12.4. The van der Waals surface area contributed by atoms with Crippen LogP contribution in [0.5, 0.6) is 0 Å². The number of ether oxygens (including phenoxy) is 1. The second kappa shape index (κ2) is 10.6. The standard InChI is InChI=1S/C32H27N3O3/c1-21-9-12-27(13-10-21)31-33-30(34-35(31)28-18-11-22(2)23(3)19-28)32(37)38-20-29(36)26-16-14-25(15-17-26)24-7-5-4-6-8-24/h4-19H,20H2,1-3H3. The third-order valence-electron chi connectivity index (χ3n) is 6.48. The van der Waals surface area contributed by atoms with Crippen molar-refractivity contribution in [3.63, 3.8) is 0 Å². The minimum Gasteiger partial charge on any atom is -0.451 e. The molecule has 0 N–H and O–H groups in total. The first kappa shape index (κ1) is 24.8. The van der Waals surface area contributed by atoms with E-state index in [0.717, 1.165) is 39.1 Å². The van der Waals surface area contributed by atoms with Crippen LogP contribution < -0.4 is 0 Å². The van der Waals surface area contributed by atoms with Crippen molar-refractivity contribution in [1.82, 2.24) is 14.8 Å². The molecule has 1 aromatic heterocycles. The van der Waals surface area contributed by atoms with Crippen LogP contribution in [0.25, 0.3) is 28.2 Å². The molecule has 0 aliphatic rings. The smallest absolute Gasteiger partial charge is 0.378 e. The summed E-state index contributed by atoms with van der Waals surface area (Å²) in [6.07, 6.45) is 0. The van der Waals surface area contributed by atoms with Crippen molar-refractivity contribution < 1.29 is 14.3 Å². The van der Waals surface area contributed by atoms with E-state index in [1.54, 1.807) is 16.8 Å². The molecule has 6 heteroatoms. The van der Waals surface area contributed by atoms with Crippen molar-refractivity contribution in [1.29, 1.82) is 0 Å². The highest BCUT2D eigenvalue weighted by Gasteiger charge is 2.21. The highest BCUT2D eigenvalue weighted by Crippen LogP contribution is 2.24. The van der Waals surface area contributed by atoms with Crippen LogP contribution >= 0.6 is 0 Å². The van der Waals surface area contributed by atoms with E-state index >= 15 is 0 Å². The molecule has 38 heavy (non-hydrogen) atoms. The average Bonchev–Trinajstić information content (AvgIpc) is 3.40. The summed E-state index contributed by atoms with van der Waals surface area (Å²) >= 11 is 0. The van der Waals surface area contributed by atoms with Gasteiger partial charge in [-0.1, -0.05) is 90.5 Å². The molecule has 4 aromatic carbocycles. The lowest BCUT2D eigenvalue weighted by molar-refractivity contribution is 0.0462. The normalized spacial score (nSPS) is 10.8. The van der Waals surface area contributed by atoms with Crippen molar-refractivity contribution in [3.05, 3.63) is 125 Å². The van der Waals surface area contributed by atoms with Crippen molar-refractivity contribution in [2.75, 3.05) is 6.61 Å². The van der Waals surface area contributed by atoms with Crippen LogP contribution in [0, 0.1) is 20.8 Å². The summed E-state index contributed by atoms with van der Waals surface area (Å²) < 4.78 is 6.97. The summed E-state index contributed by atoms with van der Waals surface area (Å²) in [7, 11) is 0. The van der Waals surface area contributed by atoms with Gasteiger partial charge in [-0.3, -0.25) is 4.79 Å². The van der Waals surface area contributed by atoms with Gasteiger partial charge in [0.25, 0.3) is 5.82 Å². The molecule has 0 saturated carbocycles. The van der Waals surface area contributed by atoms with E-state index in [0.29, 0.717) is 11.4 Å². The maximum atomic E-state index is 12.9. The molecule has 0 unspecified atom stereocenters. The number of nitrogens with zero attached hydrogens (tertiary/aromatic N) is 3. The lowest BCUT2D eigenvalue weighted by Gasteiger charge is -2.08. The van der Waals surface area contributed by atoms with Gasteiger partial charge < -0.3 is 4.74 Å². The molecule has 0 saturated heterocycles. The van der Waals surface area contributed by atoms with E-state index < -0.39 is 12.6 Å². The number of hydrogen-bond acceptors (Lipinski definition) is 5. The van der Waals surface area contributed by atoms with Crippen LogP contribution in [-0.2, 0) is 4.74 Å². The first-order chi connectivity index (χ1) is 18.4. The lowest BCUT2D eigenvalue weighted by atomic mass is 10.0. The van der Waals surface area contributed by atoms with Gasteiger partial charge in [-0.15, -0.1) is 5.10 Å². The Morgan fingerprint density at radius 1 is 0.737 bits per heavy atom. The maximum Gasteiger partial charge on any atom is 0.378 e. The van der Waals surface area contributed by atoms with Gasteiger partial charge in [0, 0.05) is 11.1 Å². The minimum absolute atomic E-state index is 0.106. The topological polar surface area (TPSA) is 74.1 Å². The number of Topliss-reactive ketones (excluding diaryl/α,β-unsaturated/α-hetero) is 1. The van der Waals surface area contributed by atoms with Crippen LogP contribution in [0.4, 0.5) is 0 Å². The Balaban J connectivity index is 1.35. The Labute approximate surface area is 221 Å². The molecule has 6 nitrogen and oxygen atoms in total. The summed E-state index contributed by atoms with van der Waals surface area (Å²) in [5.74, 6) is -0.644. The van der Waals surface area contributed by atoms with E-state index in [9.17, 15) is 9.59 Å². The molecule has 5 rings (SSSR count). The number of hydrogen-bond donors (Lipinski definition) is 0. The number of carbonyl (C=O) groups is 2. The molecule has 0 amide bonds. The van der Waals surface area contributed by atoms with Crippen LogP contribution in [0.3, 0.4) is 0 Å². The predicted molar refractivity (Wildman–Crippen MR) is 147 cm³/mol. The van der Waals surface area contributed by atoms with Crippen LogP contribution in [-0.4, -0.2) is 33.1 Å². The monoisotopic (exact) mass is 501 g/mol. The number of ketones is 1. The molecule has 188 valence electrons. The number of rotatable bonds is 7. The molecule has 1 heterocycles. The summed E-state index contributed by atoms with van der Waals surface area (Å²) in [4.78, 5) is 30.1. The Morgan fingerprint density at radius 2 is 1.39 bits per heavy atom. The van der Waals surface area contributed by atoms with Crippen molar-refractivity contribution in [2.24, 2.45) is 0 Å². The summed E-state index contributed by atoms with van der Waals surface area (Å²) in [6.45, 7) is 5.67. The number of esters is 1. The molecule has 0 aliphatic carbocycles. The third-order valence-corrected chi connectivity index (χ3v) is 6.48. The number of aromatic nitrogens is 3. The molecule has 0 radical (unpaired) electrons. The molecule has 0 bridgehead atoms. The SMILES string of the molecule is Cc1ccc(-c2nc(C(=O)OCC(=O)c3ccc(-c4ccccc4)cc3)nn2-c2ccc(C)c(C)c2)cc1. The fourth-order valence-corrected chi connectivity index (χ4v) is 4.08. The average molecular weight is 502 g/mol. The van der Waals surface area contributed by atoms with Crippen molar-refractivity contribution in [3.8, 4) is 28.2 Å². The van der Waals surface area contributed by atoms with Gasteiger partial charge >= 0.3 is 5.97 Å². The quantitative estimate of drug-likeness (QED) is 0.186. The first-order valence-electron chi connectivity index (χ1n) is 12.4. The molecule has 0 atom stereocenters. The Bertz CT molecular complexity index is 1600. The molecule has 0 fully saturated rings. The Kier molecular flexibility index (Phi) is 6.96. The molecule has 5 aromatic rings. The second-order valence-corrected chi connectivity index (χ2v) is 9.25. The summed E-state index contributed by atoms with van der Waals surface area (Å²) in [5, 5.41) is 4.47. The van der Waals surface area contributed by atoms with E-state index in [-0.39, 0.29) is 11.6 Å². The van der Waals surface area contributed by atoms with E-state index in [4.69, 9.17) is 4.74 Å². The largest absolute Gasteiger partial charge is 0.451 e. The molecular formula is C32H27N3O3. The van der Waals surface area contributed by atoms with Gasteiger partial charge in [0.2, 0.25) is 0 Å². The van der Waals surface area contributed by atoms with Crippen molar-refractivity contribution in [2.45, 2.75) is 20.8 Å². The van der Waals surface area contributed by atoms with E-state index in [2.05, 4.69) is 10.1 Å². The number of benzene rings is 4. The minimum atomic E-state index is -0.754. The van der Waals surface area contributed by atoms with Crippen molar-refractivity contribution >= 4 is 11.8 Å². The zero-order valence-electron chi connectivity index (χ0n) is 21.5. The summed E-state index contributed by atoms with van der Waals surface area (Å²) in [6, 6.07) is 30.9. The zero-order valence-corrected chi connectivity index (χ0v) is 21.5. The van der Waals surface area contributed by atoms with Crippen LogP contribution in [0.1, 0.15) is 37.7 Å². The third kappa shape index (κ3) is 5.30. The maximum absolute atomic E-state index is 12.9. The fourth-order valence-electron chi connectivity index (χ4n) is 4.08. The van der Waals surface area contributed by atoms with E-state index in [1.165, 1.54) is 0 Å². The summed E-state index contributed by atoms with van der Waals surface area (Å²) in [5.41, 5.74) is 7.49. The fraction of sp³-hybridized carbons (Fsp3) is 0.125. The molecular weight excluding hydrogens is 474 g/mol. The molecule has 0 aliphatic heterocycles. The van der Waals surface area contributed by atoms with Gasteiger partial charge in [0.15, 0.2) is 18.2 Å². The number of carbonyl (C=O) groups excluding carboxylic acids is 2. The van der Waals surface area contributed by atoms with Gasteiger partial charge in [-0.2, -0.15) is 0 Å². The predicted octanol–water partition coefficient (Wildman–Crippen LogP) is 6.57. The second-order valence-electron chi connectivity index (χ2n) is 9.25. The van der Waals surface area contributed by atoms with Crippen LogP contribution in [0.15, 0.2) is 97.1 Å². The Hall–Kier alpha value is -4.84. The Morgan fingerprint density at radius 3 is 2.08 bits per heavy atom. The number of aryl methyl sites for hydroxylation is 3. The highest BCUT2D eigenvalue weighted by molar-refractivity contribution is 5.99. The van der Waals surface area contributed by atoms with Gasteiger partial charge in [-0.05, 0) is 55.2 Å². The highest BCUT2D eigenvalue weighted by atomic mass is 16.5. The van der Waals surface area contributed by atoms with Crippen LogP contribution in [0.2, 0.25) is 0 Å². The molecule has 0 spiro atoms.